The number of anilines is 2. The van der Waals surface area contributed by atoms with Gasteiger partial charge in [0.1, 0.15) is 17.7 Å². The van der Waals surface area contributed by atoms with Crippen LogP contribution in [0.5, 0.6) is 0 Å². The lowest BCUT2D eigenvalue weighted by Gasteiger charge is -2.29. The summed E-state index contributed by atoms with van der Waals surface area (Å²) in [5, 5.41) is 4.06. The molecule has 0 radical (unpaired) electrons. The molecule has 0 aliphatic carbocycles. The minimum atomic E-state index is -0.262. The zero-order valence-corrected chi connectivity index (χ0v) is 17.3. The first-order valence-corrected chi connectivity index (χ1v) is 10.0. The Labute approximate surface area is 180 Å². The van der Waals surface area contributed by atoms with Crippen LogP contribution in [0.15, 0.2) is 85.1 Å². The zero-order chi connectivity index (χ0) is 20.9. The van der Waals surface area contributed by atoms with Crippen molar-refractivity contribution in [1.29, 1.82) is 0 Å². The maximum absolute atomic E-state index is 13.4. The first-order valence-electron chi connectivity index (χ1n) is 9.67. The van der Waals surface area contributed by atoms with Gasteiger partial charge in [0.05, 0.1) is 18.4 Å². The highest BCUT2D eigenvalue weighted by molar-refractivity contribution is 6.30. The van der Waals surface area contributed by atoms with Crippen molar-refractivity contribution in [2.45, 2.75) is 12.6 Å². The Bertz CT molecular complexity index is 1080. The van der Waals surface area contributed by atoms with Crippen molar-refractivity contribution in [3.8, 4) is 0 Å². The number of nitrogens with zero attached hydrogens (tertiary/aromatic N) is 2. The summed E-state index contributed by atoms with van der Waals surface area (Å²) >= 11 is 6.09. The fourth-order valence-corrected chi connectivity index (χ4v) is 3.52. The second-order valence-electron chi connectivity index (χ2n) is 7.05. The smallest absolute Gasteiger partial charge is 0.133 e. The Morgan fingerprint density at radius 3 is 2.40 bits per heavy atom. The average Bonchev–Trinajstić information content (AvgIpc) is 3.23. The minimum absolute atomic E-state index is 0.182. The third-order valence-corrected chi connectivity index (χ3v) is 5.22. The molecule has 1 aromatic heterocycles. The number of hydrogen-bond acceptors (Lipinski definition) is 3. The third kappa shape index (κ3) is 4.63. The predicted molar refractivity (Wildman–Crippen MR) is 120 cm³/mol. The molecule has 4 rings (SSSR count). The van der Waals surface area contributed by atoms with Crippen LogP contribution in [-0.2, 0) is 6.54 Å². The molecular formula is C24H22ClFN4. The van der Waals surface area contributed by atoms with Crippen molar-refractivity contribution in [3.63, 3.8) is 0 Å². The van der Waals surface area contributed by atoms with Gasteiger partial charge >= 0.3 is 0 Å². The standard InChI is InChI=1S/C24H22ClFN4/c1-30(22-13-11-19(26)12-14-22)23(17-7-9-18(25)10-8-17)24-28-16-21(29-24)15-27-20-5-3-2-4-6-20/h2-14,16,23,27H,15H2,1H3,(H,28,29). The van der Waals surface area contributed by atoms with Gasteiger partial charge in [-0.2, -0.15) is 0 Å². The summed E-state index contributed by atoms with van der Waals surface area (Å²) in [4.78, 5) is 10.1. The second-order valence-corrected chi connectivity index (χ2v) is 7.49. The van der Waals surface area contributed by atoms with Gasteiger partial charge in [0.15, 0.2) is 0 Å². The fourth-order valence-electron chi connectivity index (χ4n) is 3.39. The summed E-state index contributed by atoms with van der Waals surface area (Å²) in [5.41, 5.74) is 3.94. The van der Waals surface area contributed by atoms with E-state index < -0.39 is 0 Å². The number of aromatic nitrogens is 2. The molecule has 0 amide bonds. The molecule has 0 saturated heterocycles. The first-order chi connectivity index (χ1) is 14.6. The number of rotatable bonds is 7. The van der Waals surface area contributed by atoms with Crippen molar-refractivity contribution in [3.05, 3.63) is 113 Å². The van der Waals surface area contributed by atoms with Gasteiger partial charge in [-0.15, -0.1) is 0 Å². The van der Waals surface area contributed by atoms with Gasteiger partial charge < -0.3 is 15.2 Å². The molecule has 1 heterocycles. The van der Waals surface area contributed by atoms with Crippen molar-refractivity contribution in [2.75, 3.05) is 17.3 Å². The number of imidazole rings is 1. The molecule has 3 aromatic carbocycles. The molecule has 0 aliphatic heterocycles. The van der Waals surface area contributed by atoms with Crippen molar-refractivity contribution in [2.24, 2.45) is 0 Å². The second kappa shape index (κ2) is 9.01. The number of hydrogen-bond donors (Lipinski definition) is 2. The third-order valence-electron chi connectivity index (χ3n) is 4.97. The van der Waals surface area contributed by atoms with Crippen LogP contribution in [0.1, 0.15) is 23.1 Å². The Kier molecular flexibility index (Phi) is 6.00. The van der Waals surface area contributed by atoms with Crippen LogP contribution in [-0.4, -0.2) is 17.0 Å². The zero-order valence-electron chi connectivity index (χ0n) is 16.5. The van der Waals surface area contributed by atoms with Gasteiger partial charge in [-0.3, -0.25) is 0 Å². The normalized spacial score (nSPS) is 11.8. The van der Waals surface area contributed by atoms with Gasteiger partial charge in [0, 0.05) is 23.4 Å². The number of H-pyrrole nitrogens is 1. The molecule has 0 bridgehead atoms. The summed E-state index contributed by atoms with van der Waals surface area (Å²) < 4.78 is 13.4. The molecule has 1 unspecified atom stereocenters. The molecule has 2 N–H and O–H groups in total. The molecular weight excluding hydrogens is 399 g/mol. The van der Waals surface area contributed by atoms with Crippen LogP contribution in [0.3, 0.4) is 0 Å². The van der Waals surface area contributed by atoms with E-state index >= 15 is 0 Å². The first kappa shape index (κ1) is 20.0. The van der Waals surface area contributed by atoms with E-state index in [-0.39, 0.29) is 11.9 Å². The quantitative estimate of drug-likeness (QED) is 0.383. The summed E-state index contributed by atoms with van der Waals surface area (Å²) in [6.45, 7) is 0.630. The van der Waals surface area contributed by atoms with Crippen molar-refractivity contribution < 1.29 is 4.39 Å². The summed E-state index contributed by atoms with van der Waals surface area (Å²) in [5.74, 6) is 0.538. The van der Waals surface area contributed by atoms with E-state index in [0.717, 1.165) is 28.5 Å². The van der Waals surface area contributed by atoms with Crippen LogP contribution >= 0.6 is 11.6 Å². The minimum Gasteiger partial charge on any atom is -0.379 e. The van der Waals surface area contributed by atoms with Gasteiger partial charge in [-0.25, -0.2) is 9.37 Å². The monoisotopic (exact) mass is 420 g/mol. The van der Waals surface area contributed by atoms with Crippen molar-refractivity contribution in [1.82, 2.24) is 9.97 Å². The van der Waals surface area contributed by atoms with Gasteiger partial charge in [0.2, 0.25) is 0 Å². The van der Waals surface area contributed by atoms with E-state index in [2.05, 4.69) is 20.2 Å². The van der Waals surface area contributed by atoms with E-state index in [1.165, 1.54) is 12.1 Å². The maximum Gasteiger partial charge on any atom is 0.133 e. The number of halogens is 2. The van der Waals surface area contributed by atoms with Crippen LogP contribution in [0.25, 0.3) is 0 Å². The lowest BCUT2D eigenvalue weighted by Crippen LogP contribution is -2.26. The average molecular weight is 421 g/mol. The lowest BCUT2D eigenvalue weighted by atomic mass is 10.0. The van der Waals surface area contributed by atoms with Gasteiger partial charge in [-0.05, 0) is 54.1 Å². The Morgan fingerprint density at radius 1 is 1.00 bits per heavy atom. The largest absolute Gasteiger partial charge is 0.379 e. The highest BCUT2D eigenvalue weighted by Gasteiger charge is 2.23. The molecule has 6 heteroatoms. The molecule has 152 valence electrons. The molecule has 4 nitrogen and oxygen atoms in total. The highest BCUT2D eigenvalue weighted by Crippen LogP contribution is 2.31. The summed E-state index contributed by atoms with van der Waals surface area (Å²) in [7, 11) is 1.97. The van der Waals surface area contributed by atoms with Crippen LogP contribution in [0, 0.1) is 5.82 Å². The predicted octanol–water partition coefficient (Wildman–Crippen LogP) is 6.04. The molecule has 0 saturated carbocycles. The highest BCUT2D eigenvalue weighted by atomic mass is 35.5. The van der Waals surface area contributed by atoms with E-state index in [1.54, 1.807) is 12.1 Å². The molecule has 0 aliphatic rings. The van der Waals surface area contributed by atoms with Crippen LogP contribution in [0.2, 0.25) is 5.02 Å². The summed E-state index contributed by atoms with van der Waals surface area (Å²) in [6.07, 6.45) is 1.84. The van der Waals surface area contributed by atoms with E-state index in [4.69, 9.17) is 11.6 Å². The lowest BCUT2D eigenvalue weighted by molar-refractivity contribution is 0.627. The SMILES string of the molecule is CN(c1ccc(F)cc1)C(c1ccc(Cl)cc1)c1ncc(CNc2ccccc2)[nH]1. The van der Waals surface area contributed by atoms with Gasteiger partial charge in [-0.1, -0.05) is 41.9 Å². The summed E-state index contributed by atoms with van der Waals surface area (Å²) in [6, 6.07) is 24.0. The molecule has 0 fully saturated rings. The molecule has 4 aromatic rings. The van der Waals surface area contributed by atoms with Crippen molar-refractivity contribution >= 4 is 23.0 Å². The van der Waals surface area contributed by atoms with E-state index in [0.29, 0.717) is 11.6 Å². The number of aromatic amines is 1. The van der Waals surface area contributed by atoms with E-state index in [9.17, 15) is 4.39 Å². The Morgan fingerprint density at radius 2 is 1.70 bits per heavy atom. The topological polar surface area (TPSA) is 44.0 Å². The van der Waals surface area contributed by atoms with E-state index in [1.807, 2.05) is 67.8 Å². The molecule has 30 heavy (non-hydrogen) atoms. The number of nitrogens with one attached hydrogen (secondary N) is 2. The number of para-hydroxylation sites is 1. The maximum atomic E-state index is 13.4. The Hall–Kier alpha value is -3.31. The number of benzene rings is 3. The molecule has 1 atom stereocenters. The van der Waals surface area contributed by atoms with Crippen LogP contribution in [0.4, 0.5) is 15.8 Å². The van der Waals surface area contributed by atoms with Gasteiger partial charge in [0.25, 0.3) is 0 Å². The Balaban J connectivity index is 1.61. The molecule has 0 spiro atoms. The van der Waals surface area contributed by atoms with Crippen LogP contribution < -0.4 is 10.2 Å². The fraction of sp³-hybridized carbons (Fsp3) is 0.125.